The minimum atomic E-state index is -0.127. The van der Waals surface area contributed by atoms with E-state index in [9.17, 15) is 24.0 Å². The molecular formula is C115H131N21O12S2. The summed E-state index contributed by atoms with van der Waals surface area (Å²) < 4.78 is 42.6. The number of aromatic nitrogens is 12. The van der Waals surface area contributed by atoms with E-state index in [1.165, 1.54) is 5.57 Å². The fraction of sp³-hybridized carbons (Fsp3) is 0.357. The van der Waals surface area contributed by atoms with Crippen LogP contribution in [0.2, 0.25) is 0 Å². The average molecular weight is 2060 g/mol. The SMILES string of the molecule is CCc1cc(N2CCC(N(C)C)CC2)cn2c(=O)cc(-c3ccc(OC)c(OC)c3)nc12.COc1ccc(-c2cc(=O)n3cc(C4=CCN(CCO)CC4)cc(C)c3n2)cc1OC.COc1ccc(-c2cc(=O)n3cc(N4CCN(C)CC4)cc(C)c3n2)cc1OC.Cc1nc2cc(-c3cc(=O)n4cc(N5CCC(N(C)C)CC5)ccc4n3)ccc2s1.Cc1nc2cc(-c3cc(=O)n4cc(N5CCC(N)CC5)ccc4n3)ccc2s1. The van der Waals surface area contributed by atoms with Crippen molar-refractivity contribution in [3.63, 3.8) is 0 Å². The number of hydrogen-bond acceptors (Lipinski definition) is 30. The minimum absolute atomic E-state index is 0.0606. The molecule has 780 valence electrons. The van der Waals surface area contributed by atoms with Gasteiger partial charge in [-0.3, -0.25) is 50.9 Å². The number of likely N-dealkylation sites (N-methyl/N-ethyl adjacent to an activating group) is 1. The highest BCUT2D eigenvalue weighted by molar-refractivity contribution is 7.18. The first-order valence-corrected chi connectivity index (χ1v) is 52.6. The number of nitrogens with two attached hydrogens (primary N) is 1. The van der Waals surface area contributed by atoms with Crippen molar-refractivity contribution in [1.29, 1.82) is 0 Å². The van der Waals surface area contributed by atoms with Crippen molar-refractivity contribution in [2.24, 2.45) is 5.73 Å². The smallest absolute Gasteiger partial charge is 0.258 e. The highest BCUT2D eigenvalue weighted by atomic mass is 32.1. The van der Waals surface area contributed by atoms with Crippen molar-refractivity contribution < 1.29 is 33.5 Å². The number of aliphatic hydroxyl groups excluding tert-OH is 1. The van der Waals surface area contributed by atoms with Crippen molar-refractivity contribution in [2.75, 3.05) is 189 Å². The minimum Gasteiger partial charge on any atom is -0.493 e. The molecule has 0 bridgehead atoms. The van der Waals surface area contributed by atoms with Crippen molar-refractivity contribution >= 4 is 99.7 Å². The van der Waals surface area contributed by atoms with Crippen LogP contribution in [0.4, 0.5) is 22.7 Å². The molecule has 33 nitrogen and oxygen atoms in total. The monoisotopic (exact) mass is 2060 g/mol. The Morgan fingerprint density at radius 2 is 0.740 bits per heavy atom. The van der Waals surface area contributed by atoms with E-state index in [4.69, 9.17) is 64.2 Å². The van der Waals surface area contributed by atoms with Gasteiger partial charge >= 0.3 is 0 Å². The Morgan fingerprint density at radius 3 is 1.15 bits per heavy atom. The maximum Gasteiger partial charge on any atom is 0.258 e. The third-order valence-electron chi connectivity index (χ3n) is 29.0. The quantitative estimate of drug-likeness (QED) is 0.0675. The normalized spacial score (nSPS) is 15.1. The van der Waals surface area contributed by atoms with Crippen molar-refractivity contribution in [2.45, 2.75) is 104 Å². The zero-order valence-electron chi connectivity index (χ0n) is 88.1. The fourth-order valence-corrected chi connectivity index (χ4v) is 21.9. The Bertz CT molecular complexity index is 8190. The second-order valence-corrected chi connectivity index (χ2v) is 41.6. The predicted molar refractivity (Wildman–Crippen MR) is 602 cm³/mol. The maximum absolute atomic E-state index is 13.1. The lowest BCUT2D eigenvalue weighted by Crippen LogP contribution is -2.44. The van der Waals surface area contributed by atoms with E-state index in [2.05, 4.69) is 128 Å². The Hall–Kier alpha value is -14.8. The molecule has 4 fully saturated rings. The number of aliphatic hydroxyl groups is 1. The van der Waals surface area contributed by atoms with Crippen LogP contribution in [0.1, 0.15) is 84.1 Å². The van der Waals surface area contributed by atoms with Crippen LogP contribution in [-0.2, 0) is 6.42 Å². The first kappa shape index (κ1) is 105. The molecule has 35 heteroatoms. The zero-order chi connectivity index (χ0) is 105. The van der Waals surface area contributed by atoms with Gasteiger partial charge < -0.3 is 73.6 Å². The van der Waals surface area contributed by atoms with E-state index < -0.39 is 0 Å². The highest BCUT2D eigenvalue weighted by Crippen LogP contribution is 2.39. The van der Waals surface area contributed by atoms with Crippen LogP contribution in [0.25, 0.3) is 111 Å². The molecular weight excluding hydrogens is 1930 g/mol. The maximum atomic E-state index is 13.1. The first-order chi connectivity index (χ1) is 72.5. The van der Waals surface area contributed by atoms with Gasteiger partial charge in [0, 0.05) is 192 Å². The van der Waals surface area contributed by atoms with Crippen molar-refractivity contribution in [3.05, 3.63) is 285 Å². The number of piperidine rings is 3. The lowest BCUT2D eigenvalue weighted by molar-refractivity contribution is 0.208. The first-order valence-electron chi connectivity index (χ1n) is 51.0. The molecule has 0 amide bonds. The Labute approximate surface area is 878 Å². The lowest BCUT2D eigenvalue weighted by Gasteiger charge is -2.36. The molecule has 0 atom stereocenters. The highest BCUT2D eigenvalue weighted by Gasteiger charge is 2.28. The van der Waals surface area contributed by atoms with Crippen LogP contribution in [0, 0.1) is 27.7 Å². The molecule has 3 N–H and O–H groups in total. The van der Waals surface area contributed by atoms with Gasteiger partial charge in [0.25, 0.3) is 27.8 Å². The van der Waals surface area contributed by atoms with Crippen molar-refractivity contribution in [1.82, 2.24) is 76.5 Å². The Morgan fingerprint density at radius 1 is 0.373 bits per heavy atom. The second kappa shape index (κ2) is 46.5. The number of rotatable bonds is 21. The van der Waals surface area contributed by atoms with Crippen LogP contribution in [-0.4, -0.2) is 269 Å². The van der Waals surface area contributed by atoms with Gasteiger partial charge in [-0.1, -0.05) is 25.1 Å². The summed E-state index contributed by atoms with van der Waals surface area (Å²) in [6.07, 6.45) is 19.9. The number of nitrogens with zero attached hydrogens (tertiary/aromatic N) is 20. The topological polar surface area (TPSA) is 325 Å². The molecule has 0 aliphatic carbocycles. The number of ether oxygens (including phenoxy) is 6. The van der Waals surface area contributed by atoms with Gasteiger partial charge in [-0.25, -0.2) is 34.9 Å². The third kappa shape index (κ3) is 23.4. The fourth-order valence-electron chi connectivity index (χ4n) is 20.3. The summed E-state index contributed by atoms with van der Waals surface area (Å²) in [4.78, 5) is 116. The molecule has 5 aromatic carbocycles. The van der Waals surface area contributed by atoms with Gasteiger partial charge in [0.15, 0.2) is 34.5 Å². The van der Waals surface area contributed by atoms with Crippen LogP contribution in [0.5, 0.6) is 34.5 Å². The van der Waals surface area contributed by atoms with E-state index in [1.807, 2.05) is 162 Å². The molecule has 5 aliphatic rings. The van der Waals surface area contributed by atoms with Crippen LogP contribution >= 0.6 is 22.7 Å². The third-order valence-corrected chi connectivity index (χ3v) is 30.9. The number of aryl methyl sites for hydroxylation is 5. The van der Waals surface area contributed by atoms with Gasteiger partial charge in [0.2, 0.25) is 0 Å². The van der Waals surface area contributed by atoms with Gasteiger partial charge in [-0.15, -0.1) is 22.7 Å². The number of thiazole rings is 2. The van der Waals surface area contributed by atoms with Crippen LogP contribution in [0.3, 0.4) is 0 Å². The largest absolute Gasteiger partial charge is 0.493 e. The number of pyridine rings is 5. The number of benzene rings is 5. The zero-order valence-corrected chi connectivity index (χ0v) is 89.8. The molecule has 0 unspecified atom stereocenters. The summed E-state index contributed by atoms with van der Waals surface area (Å²) in [5, 5.41) is 11.2. The molecule has 5 aliphatic heterocycles. The molecule has 0 saturated carbocycles. The molecule has 0 spiro atoms. The second-order valence-electron chi connectivity index (χ2n) is 39.1. The van der Waals surface area contributed by atoms with Gasteiger partial charge in [0.05, 0.1) is 131 Å². The van der Waals surface area contributed by atoms with E-state index in [1.54, 1.807) is 118 Å². The van der Waals surface area contributed by atoms with Crippen LogP contribution < -0.4 is 81.6 Å². The molecule has 4 saturated heterocycles. The number of fused-ring (bicyclic) bond motifs is 7. The number of anilines is 4. The molecule has 0 radical (unpaired) electrons. The Balaban J connectivity index is 0.000000122. The summed E-state index contributed by atoms with van der Waals surface area (Å²) in [6.45, 7) is 22.4. The summed E-state index contributed by atoms with van der Waals surface area (Å²) in [6, 6.07) is 52.6. The number of piperazine rings is 1. The van der Waals surface area contributed by atoms with Gasteiger partial charge in [0.1, 0.15) is 28.2 Å². The number of β-amino-alcohol motifs (C(OH)–C–C–N with tert-alkyl or cyclic N) is 1. The average Bonchev–Trinajstić information content (AvgIpc) is 1.13. The lowest BCUT2D eigenvalue weighted by atomic mass is 9.99. The molecule has 17 aromatic rings. The standard InChI is InChI=1S/C25H32N4O3.C24H27N3O4.C23H25N5OS.C22H26N4O3.C21H21N5OS/c1-6-17-13-20(28-11-9-19(10-12-28)27(2)3)16-29-24(30)15-21(26-25(17)29)18-7-8-22(31-4)23(14-18)32-5;1-16-12-19(17-6-8-26(9-7-17)10-11-28)15-27-23(29)14-20(25-24(16)27)18-4-5-21(30-2)22(13-18)31-3;1-15-24-20-12-16(4-6-21(20)30-15)19-13-23(29)28-14-18(5-7-22(28)25-19)27-10-8-17(9-11-27)26(2)3;1-15-11-17(25-9-7-24(2)8-10-25)14-26-21(27)13-18(23-22(15)26)16-5-6-19(28-3)20(12-16)29-4;1-13-23-18-10-14(2-4-19(18)28-13)17-11-21(27)26-12-16(3-5-20(26)24-17)25-8-6-15(22)7-9-25/h7-8,13-16,19H,6,9-12H2,1-5H3;4-6,12-15,28H,7-11H2,1-3H3;4-7,12-14,17H,8-11H2,1-3H3;5-6,11-14H,7-10H2,1-4H3;2-5,10-12,15H,6-9,22H2,1H3. The summed E-state index contributed by atoms with van der Waals surface area (Å²) in [5.41, 5.74) is 27.7. The number of methoxy groups -OCH3 is 6. The summed E-state index contributed by atoms with van der Waals surface area (Å²) in [7, 11) is 20.3. The molecule has 150 heavy (non-hydrogen) atoms. The Kier molecular flexibility index (Phi) is 32.6. The van der Waals surface area contributed by atoms with E-state index in [0.29, 0.717) is 110 Å². The van der Waals surface area contributed by atoms with E-state index in [0.717, 1.165) is 233 Å². The number of hydrogen-bond donors (Lipinski definition) is 2. The van der Waals surface area contributed by atoms with E-state index >= 15 is 0 Å². The van der Waals surface area contributed by atoms with E-state index in [-0.39, 0.29) is 40.4 Å². The predicted octanol–water partition coefficient (Wildman–Crippen LogP) is 15.7. The molecule has 17 heterocycles. The summed E-state index contributed by atoms with van der Waals surface area (Å²) in [5.74, 6) is 3.72. The van der Waals surface area contributed by atoms with Gasteiger partial charge in [-0.05, 0) is 263 Å². The summed E-state index contributed by atoms with van der Waals surface area (Å²) >= 11 is 3.34. The van der Waals surface area contributed by atoms with Crippen LogP contribution in [0.15, 0.2) is 225 Å². The van der Waals surface area contributed by atoms with Gasteiger partial charge in [-0.2, -0.15) is 0 Å². The molecule has 12 aromatic heterocycles. The van der Waals surface area contributed by atoms with Crippen molar-refractivity contribution in [3.8, 4) is 90.8 Å². The molecule has 22 rings (SSSR count).